The molecule has 2 N–H and O–H groups in total. The van der Waals surface area contributed by atoms with Crippen LogP contribution in [0.1, 0.15) is 130 Å². The molecule has 0 rings (SSSR count). The lowest BCUT2D eigenvalue weighted by molar-refractivity contribution is 0.356. The number of unbranched alkanes of at least 4 members (excludes halogenated alkanes) is 15. The zero-order valence-electron chi connectivity index (χ0n) is 16.8. The van der Waals surface area contributed by atoms with Gasteiger partial charge in [0.1, 0.15) is 0 Å². The summed E-state index contributed by atoms with van der Waals surface area (Å²) in [5, 5.41) is 0. The fraction of sp³-hybridized carbons (Fsp3) is 1.00. The van der Waals surface area contributed by atoms with Crippen LogP contribution in [-0.2, 0) is 0 Å². The van der Waals surface area contributed by atoms with Crippen molar-refractivity contribution in [2.75, 3.05) is 6.54 Å². The van der Waals surface area contributed by atoms with Crippen molar-refractivity contribution in [2.24, 2.45) is 11.1 Å². The molecule has 1 nitrogen and oxygen atoms in total. The van der Waals surface area contributed by atoms with Crippen molar-refractivity contribution in [1.82, 2.24) is 0 Å². The van der Waals surface area contributed by atoms with E-state index < -0.39 is 0 Å². The lowest BCUT2D eigenvalue weighted by Gasteiger charge is -2.17. The van der Waals surface area contributed by atoms with E-state index in [-0.39, 0.29) is 0 Å². The quantitative estimate of drug-likeness (QED) is 0.273. The van der Waals surface area contributed by atoms with Crippen molar-refractivity contribution in [3.05, 3.63) is 0 Å². The summed E-state index contributed by atoms with van der Waals surface area (Å²) in [5.41, 5.74) is 6.04. The highest BCUT2D eigenvalue weighted by molar-refractivity contribution is 4.61. The minimum atomic E-state index is 0.532. The molecule has 0 heterocycles. The third-order valence-corrected chi connectivity index (χ3v) is 4.88. The van der Waals surface area contributed by atoms with E-state index in [9.17, 15) is 0 Å². The first kappa shape index (κ1) is 23.0. The van der Waals surface area contributed by atoms with Gasteiger partial charge in [-0.15, -0.1) is 0 Å². The Morgan fingerprint density at radius 2 is 0.696 bits per heavy atom. The molecule has 23 heavy (non-hydrogen) atoms. The average molecular weight is 326 g/mol. The molecule has 0 unspecified atom stereocenters. The van der Waals surface area contributed by atoms with E-state index in [1.165, 1.54) is 109 Å². The number of rotatable bonds is 17. The summed E-state index contributed by atoms with van der Waals surface area (Å²) in [4.78, 5) is 0. The van der Waals surface area contributed by atoms with Crippen LogP contribution in [0.4, 0.5) is 0 Å². The summed E-state index contributed by atoms with van der Waals surface area (Å²) >= 11 is 0. The predicted molar refractivity (Wildman–Crippen MR) is 107 cm³/mol. The summed E-state index contributed by atoms with van der Waals surface area (Å²) in [7, 11) is 0. The van der Waals surface area contributed by atoms with Crippen molar-refractivity contribution < 1.29 is 0 Å². The lowest BCUT2D eigenvalue weighted by Crippen LogP contribution is -2.03. The maximum absolute atomic E-state index is 5.50. The Bertz CT molecular complexity index is 217. The summed E-state index contributed by atoms with van der Waals surface area (Å²) in [6, 6.07) is 0. The van der Waals surface area contributed by atoms with E-state index in [2.05, 4.69) is 20.8 Å². The SMILES string of the molecule is CC(C)(C)CCCCCCCCCCCCCCCCCCN. The molecule has 0 aliphatic rings. The maximum Gasteiger partial charge on any atom is -0.00773 e. The standard InChI is InChI=1S/C22H47N/c1-22(2,3)20-18-16-14-12-10-8-6-4-5-7-9-11-13-15-17-19-21-23/h4-21,23H2,1-3H3. The molecule has 0 aromatic heterocycles. The molecule has 0 fully saturated rings. The zero-order chi connectivity index (χ0) is 17.2. The van der Waals surface area contributed by atoms with Gasteiger partial charge in [0.2, 0.25) is 0 Å². The Labute approximate surface area is 148 Å². The highest BCUT2D eigenvalue weighted by atomic mass is 14.5. The highest BCUT2D eigenvalue weighted by Crippen LogP contribution is 2.22. The van der Waals surface area contributed by atoms with Crippen LogP contribution in [0.5, 0.6) is 0 Å². The summed E-state index contributed by atoms with van der Waals surface area (Å²) in [6.07, 6.45) is 24.3. The van der Waals surface area contributed by atoms with Crippen molar-refractivity contribution in [1.29, 1.82) is 0 Å². The predicted octanol–water partition coefficient (Wildman–Crippen LogP) is 7.62. The Balaban J connectivity index is 3.00. The molecule has 0 amide bonds. The van der Waals surface area contributed by atoms with Crippen molar-refractivity contribution >= 4 is 0 Å². The monoisotopic (exact) mass is 325 g/mol. The first-order valence-corrected chi connectivity index (χ1v) is 10.8. The third kappa shape index (κ3) is 22.0. The molecule has 0 aliphatic heterocycles. The highest BCUT2D eigenvalue weighted by Gasteiger charge is 2.08. The molecule has 0 aliphatic carbocycles. The van der Waals surface area contributed by atoms with Gasteiger partial charge in [-0.25, -0.2) is 0 Å². The second-order valence-corrected chi connectivity index (χ2v) is 8.76. The van der Waals surface area contributed by atoms with Gasteiger partial charge in [0.15, 0.2) is 0 Å². The second kappa shape index (κ2) is 16.8. The van der Waals surface area contributed by atoms with E-state index in [0.29, 0.717) is 5.41 Å². The van der Waals surface area contributed by atoms with E-state index in [4.69, 9.17) is 5.73 Å². The van der Waals surface area contributed by atoms with E-state index in [1.807, 2.05) is 0 Å². The van der Waals surface area contributed by atoms with E-state index >= 15 is 0 Å². The normalized spacial score (nSPS) is 12.0. The lowest BCUT2D eigenvalue weighted by atomic mass is 9.89. The number of nitrogens with two attached hydrogens (primary N) is 1. The smallest absolute Gasteiger partial charge is 0.00773 e. The van der Waals surface area contributed by atoms with Gasteiger partial charge in [0, 0.05) is 0 Å². The molecule has 0 saturated carbocycles. The first-order chi connectivity index (χ1) is 11.1. The van der Waals surface area contributed by atoms with Gasteiger partial charge >= 0.3 is 0 Å². The van der Waals surface area contributed by atoms with Crippen LogP contribution >= 0.6 is 0 Å². The maximum atomic E-state index is 5.50. The molecule has 0 saturated heterocycles. The van der Waals surface area contributed by atoms with Crippen molar-refractivity contribution in [3.8, 4) is 0 Å². The first-order valence-electron chi connectivity index (χ1n) is 10.8. The molecule has 0 radical (unpaired) electrons. The van der Waals surface area contributed by atoms with E-state index in [0.717, 1.165) is 6.54 Å². The molecule has 0 spiro atoms. The van der Waals surface area contributed by atoms with E-state index in [1.54, 1.807) is 0 Å². The van der Waals surface area contributed by atoms with Crippen LogP contribution in [0.25, 0.3) is 0 Å². The largest absolute Gasteiger partial charge is 0.330 e. The summed E-state index contributed by atoms with van der Waals surface area (Å²) in [6.45, 7) is 7.94. The molecule has 0 atom stereocenters. The Morgan fingerprint density at radius 3 is 0.957 bits per heavy atom. The van der Waals surface area contributed by atoms with Gasteiger partial charge < -0.3 is 5.73 Å². The van der Waals surface area contributed by atoms with Gasteiger partial charge in [-0.2, -0.15) is 0 Å². The van der Waals surface area contributed by atoms with Crippen LogP contribution < -0.4 is 5.73 Å². The van der Waals surface area contributed by atoms with Crippen LogP contribution in [0.15, 0.2) is 0 Å². The van der Waals surface area contributed by atoms with Crippen LogP contribution in [0.3, 0.4) is 0 Å². The number of hydrogen-bond donors (Lipinski definition) is 1. The summed E-state index contributed by atoms with van der Waals surface area (Å²) < 4.78 is 0. The molecule has 0 aromatic carbocycles. The van der Waals surface area contributed by atoms with Crippen LogP contribution in [0.2, 0.25) is 0 Å². The van der Waals surface area contributed by atoms with Gasteiger partial charge in [0.25, 0.3) is 0 Å². The Morgan fingerprint density at radius 1 is 0.435 bits per heavy atom. The molecule has 140 valence electrons. The van der Waals surface area contributed by atoms with Gasteiger partial charge in [-0.1, -0.05) is 117 Å². The molecular weight excluding hydrogens is 278 g/mol. The van der Waals surface area contributed by atoms with Crippen LogP contribution in [-0.4, -0.2) is 6.54 Å². The average Bonchev–Trinajstić information content (AvgIpc) is 2.49. The van der Waals surface area contributed by atoms with Gasteiger partial charge in [-0.3, -0.25) is 0 Å². The third-order valence-electron chi connectivity index (χ3n) is 4.88. The summed E-state index contributed by atoms with van der Waals surface area (Å²) in [5.74, 6) is 0. The number of hydrogen-bond acceptors (Lipinski definition) is 1. The minimum absolute atomic E-state index is 0.532. The van der Waals surface area contributed by atoms with Crippen molar-refractivity contribution in [2.45, 2.75) is 130 Å². The Hall–Kier alpha value is -0.0400. The fourth-order valence-electron chi connectivity index (χ4n) is 3.27. The zero-order valence-corrected chi connectivity index (χ0v) is 16.8. The van der Waals surface area contributed by atoms with Crippen molar-refractivity contribution in [3.63, 3.8) is 0 Å². The molecule has 0 aromatic rings. The topological polar surface area (TPSA) is 26.0 Å². The van der Waals surface area contributed by atoms with Gasteiger partial charge in [0.05, 0.1) is 0 Å². The molecule has 1 heteroatoms. The van der Waals surface area contributed by atoms with Gasteiger partial charge in [-0.05, 0) is 24.8 Å². The Kier molecular flexibility index (Phi) is 16.8. The molecule has 0 bridgehead atoms. The minimum Gasteiger partial charge on any atom is -0.330 e. The van der Waals surface area contributed by atoms with Crippen LogP contribution in [0, 0.1) is 5.41 Å². The molecular formula is C22H47N. The fourth-order valence-corrected chi connectivity index (χ4v) is 3.27. The second-order valence-electron chi connectivity index (χ2n) is 8.76.